The lowest BCUT2D eigenvalue weighted by Crippen LogP contribution is -2.38. The standard InChI is InChI=1S/C20H26N4O3/c1-4-21-20(23-14-17-6-5-7-18(12-17)24(25)26)22-11-10-16-9-8-15(2)19(13-16)27-3/h5-9,12-13H,4,10-11,14H2,1-3H3,(H2,21,22,23). The monoisotopic (exact) mass is 370 g/mol. The zero-order valence-corrected chi connectivity index (χ0v) is 16.0. The summed E-state index contributed by atoms with van der Waals surface area (Å²) in [5.74, 6) is 1.57. The van der Waals surface area contributed by atoms with E-state index >= 15 is 0 Å². The second kappa shape index (κ2) is 10.2. The number of methoxy groups -OCH3 is 1. The highest BCUT2D eigenvalue weighted by atomic mass is 16.6. The molecule has 0 heterocycles. The number of rotatable bonds is 8. The number of hydrogen-bond acceptors (Lipinski definition) is 4. The number of aliphatic imine (C=N–C) groups is 1. The summed E-state index contributed by atoms with van der Waals surface area (Å²) in [5, 5.41) is 17.4. The van der Waals surface area contributed by atoms with Crippen LogP contribution in [-0.4, -0.2) is 31.1 Å². The molecule has 0 radical (unpaired) electrons. The number of nitro benzene ring substituents is 1. The number of aryl methyl sites for hydroxylation is 1. The molecule has 144 valence electrons. The minimum atomic E-state index is -0.396. The molecule has 2 aromatic carbocycles. The van der Waals surface area contributed by atoms with Crippen molar-refractivity contribution >= 4 is 11.6 Å². The molecule has 0 saturated heterocycles. The van der Waals surface area contributed by atoms with E-state index in [4.69, 9.17) is 4.74 Å². The Balaban J connectivity index is 1.95. The number of hydrogen-bond donors (Lipinski definition) is 2. The van der Waals surface area contributed by atoms with Gasteiger partial charge in [-0.15, -0.1) is 0 Å². The molecule has 0 aliphatic carbocycles. The van der Waals surface area contributed by atoms with Gasteiger partial charge in [0.15, 0.2) is 5.96 Å². The summed E-state index contributed by atoms with van der Waals surface area (Å²) in [6.07, 6.45) is 0.831. The van der Waals surface area contributed by atoms with E-state index in [0.29, 0.717) is 19.0 Å². The van der Waals surface area contributed by atoms with Gasteiger partial charge in [0, 0.05) is 25.2 Å². The number of nitro groups is 1. The minimum Gasteiger partial charge on any atom is -0.496 e. The van der Waals surface area contributed by atoms with Gasteiger partial charge < -0.3 is 15.4 Å². The molecule has 2 aromatic rings. The molecule has 0 unspecified atom stereocenters. The quantitative estimate of drug-likeness (QED) is 0.322. The third-order valence-corrected chi connectivity index (χ3v) is 4.06. The minimum absolute atomic E-state index is 0.0778. The Hall–Kier alpha value is -3.09. The maximum Gasteiger partial charge on any atom is 0.269 e. The van der Waals surface area contributed by atoms with Gasteiger partial charge in [0.25, 0.3) is 5.69 Å². The number of nitrogens with one attached hydrogen (secondary N) is 2. The van der Waals surface area contributed by atoms with Gasteiger partial charge in [0.05, 0.1) is 18.6 Å². The molecular weight excluding hydrogens is 344 g/mol. The number of ether oxygens (including phenoxy) is 1. The second-order valence-electron chi connectivity index (χ2n) is 6.10. The van der Waals surface area contributed by atoms with Crippen LogP contribution in [0.25, 0.3) is 0 Å². The molecule has 0 atom stereocenters. The predicted octanol–water partition coefficient (Wildman–Crippen LogP) is 3.21. The number of non-ortho nitro benzene ring substituents is 1. The van der Waals surface area contributed by atoms with E-state index in [2.05, 4.69) is 27.8 Å². The average molecular weight is 370 g/mol. The first-order valence-electron chi connectivity index (χ1n) is 8.92. The summed E-state index contributed by atoms with van der Waals surface area (Å²) in [5.41, 5.74) is 3.17. The van der Waals surface area contributed by atoms with Crippen LogP contribution in [0.2, 0.25) is 0 Å². The highest BCUT2D eigenvalue weighted by Gasteiger charge is 2.06. The van der Waals surface area contributed by atoms with Crippen molar-refractivity contribution in [1.82, 2.24) is 10.6 Å². The van der Waals surface area contributed by atoms with E-state index in [0.717, 1.165) is 29.8 Å². The summed E-state index contributed by atoms with van der Waals surface area (Å²) in [4.78, 5) is 15.0. The van der Waals surface area contributed by atoms with Crippen LogP contribution in [0.3, 0.4) is 0 Å². The molecule has 0 aliphatic heterocycles. The molecule has 2 N–H and O–H groups in total. The first kappa shape index (κ1) is 20.2. The van der Waals surface area contributed by atoms with E-state index < -0.39 is 4.92 Å². The Bertz CT molecular complexity index is 806. The summed E-state index contributed by atoms with van der Waals surface area (Å²) >= 11 is 0. The molecule has 0 fully saturated rings. The fraction of sp³-hybridized carbons (Fsp3) is 0.350. The SMILES string of the molecule is CCNC(=NCc1cccc([N+](=O)[O-])c1)NCCc1ccc(C)c(OC)c1. The van der Waals surface area contributed by atoms with Crippen LogP contribution < -0.4 is 15.4 Å². The fourth-order valence-electron chi connectivity index (χ4n) is 2.63. The molecule has 0 bridgehead atoms. The Kier molecular flexibility index (Phi) is 7.61. The molecule has 0 amide bonds. The normalized spacial score (nSPS) is 11.1. The first-order chi connectivity index (χ1) is 13.0. The van der Waals surface area contributed by atoms with Crippen LogP contribution >= 0.6 is 0 Å². The van der Waals surface area contributed by atoms with Gasteiger partial charge in [0.1, 0.15) is 5.75 Å². The van der Waals surface area contributed by atoms with Crippen molar-refractivity contribution in [2.75, 3.05) is 20.2 Å². The summed E-state index contributed by atoms with van der Waals surface area (Å²) in [7, 11) is 1.67. The second-order valence-corrected chi connectivity index (χ2v) is 6.10. The molecule has 0 saturated carbocycles. The molecule has 0 aromatic heterocycles. The number of guanidine groups is 1. The first-order valence-corrected chi connectivity index (χ1v) is 8.92. The van der Waals surface area contributed by atoms with Crippen LogP contribution in [0.15, 0.2) is 47.5 Å². The van der Waals surface area contributed by atoms with Crippen LogP contribution in [0.1, 0.15) is 23.6 Å². The average Bonchev–Trinajstić information content (AvgIpc) is 2.67. The molecule has 2 rings (SSSR count). The Morgan fingerprint density at radius 1 is 1.19 bits per heavy atom. The summed E-state index contributed by atoms with van der Waals surface area (Å²) < 4.78 is 5.36. The van der Waals surface area contributed by atoms with Crippen LogP contribution in [-0.2, 0) is 13.0 Å². The van der Waals surface area contributed by atoms with E-state index in [-0.39, 0.29) is 5.69 Å². The Labute approximate surface area is 159 Å². The lowest BCUT2D eigenvalue weighted by Gasteiger charge is -2.12. The molecule has 27 heavy (non-hydrogen) atoms. The van der Waals surface area contributed by atoms with Crippen molar-refractivity contribution in [3.8, 4) is 5.75 Å². The maximum atomic E-state index is 10.9. The van der Waals surface area contributed by atoms with Crippen molar-refractivity contribution in [2.24, 2.45) is 4.99 Å². The van der Waals surface area contributed by atoms with Crippen molar-refractivity contribution in [3.63, 3.8) is 0 Å². The Morgan fingerprint density at radius 2 is 2.00 bits per heavy atom. The molecule has 7 heteroatoms. The predicted molar refractivity (Wildman–Crippen MR) is 107 cm³/mol. The van der Waals surface area contributed by atoms with E-state index in [1.165, 1.54) is 11.6 Å². The van der Waals surface area contributed by atoms with Crippen molar-refractivity contribution in [2.45, 2.75) is 26.8 Å². The molecule has 0 spiro atoms. The maximum absolute atomic E-state index is 10.9. The van der Waals surface area contributed by atoms with Gasteiger partial charge >= 0.3 is 0 Å². The van der Waals surface area contributed by atoms with Gasteiger partial charge in [-0.1, -0.05) is 24.3 Å². The third-order valence-electron chi connectivity index (χ3n) is 4.06. The van der Waals surface area contributed by atoms with Crippen LogP contribution in [0, 0.1) is 17.0 Å². The van der Waals surface area contributed by atoms with Gasteiger partial charge in [-0.25, -0.2) is 4.99 Å². The van der Waals surface area contributed by atoms with Crippen molar-refractivity contribution in [3.05, 3.63) is 69.3 Å². The van der Waals surface area contributed by atoms with Crippen molar-refractivity contribution in [1.29, 1.82) is 0 Å². The zero-order valence-electron chi connectivity index (χ0n) is 16.0. The van der Waals surface area contributed by atoms with Crippen molar-refractivity contribution < 1.29 is 9.66 Å². The molecule has 0 aliphatic rings. The number of benzene rings is 2. The fourth-order valence-corrected chi connectivity index (χ4v) is 2.63. The summed E-state index contributed by atoms with van der Waals surface area (Å²) in [6, 6.07) is 12.7. The van der Waals surface area contributed by atoms with E-state index in [9.17, 15) is 10.1 Å². The largest absolute Gasteiger partial charge is 0.496 e. The highest BCUT2D eigenvalue weighted by molar-refractivity contribution is 5.79. The molecular formula is C20H26N4O3. The van der Waals surface area contributed by atoms with Crippen LogP contribution in [0.4, 0.5) is 5.69 Å². The summed E-state index contributed by atoms with van der Waals surface area (Å²) in [6.45, 7) is 5.83. The topological polar surface area (TPSA) is 88.8 Å². The number of nitrogens with zero attached hydrogens (tertiary/aromatic N) is 2. The molecule has 7 nitrogen and oxygen atoms in total. The van der Waals surface area contributed by atoms with Gasteiger partial charge in [-0.3, -0.25) is 10.1 Å². The third kappa shape index (κ3) is 6.29. The van der Waals surface area contributed by atoms with E-state index in [1.807, 2.05) is 26.0 Å². The lowest BCUT2D eigenvalue weighted by molar-refractivity contribution is -0.384. The van der Waals surface area contributed by atoms with Crippen LogP contribution in [0.5, 0.6) is 5.75 Å². The Morgan fingerprint density at radius 3 is 2.70 bits per heavy atom. The van der Waals surface area contributed by atoms with E-state index in [1.54, 1.807) is 19.2 Å². The van der Waals surface area contributed by atoms with Gasteiger partial charge in [-0.05, 0) is 43.0 Å². The lowest BCUT2D eigenvalue weighted by atomic mass is 10.1. The smallest absolute Gasteiger partial charge is 0.269 e. The van der Waals surface area contributed by atoms with Gasteiger partial charge in [-0.2, -0.15) is 0 Å². The van der Waals surface area contributed by atoms with Gasteiger partial charge in [0.2, 0.25) is 0 Å². The zero-order chi connectivity index (χ0) is 19.6. The highest BCUT2D eigenvalue weighted by Crippen LogP contribution is 2.19.